The van der Waals surface area contributed by atoms with Crippen molar-refractivity contribution in [2.75, 3.05) is 13.2 Å². The summed E-state index contributed by atoms with van der Waals surface area (Å²) < 4.78 is 7.54. The molecule has 0 saturated carbocycles. The van der Waals surface area contributed by atoms with Crippen LogP contribution in [0.5, 0.6) is 0 Å². The van der Waals surface area contributed by atoms with Crippen LogP contribution in [-0.4, -0.2) is 22.8 Å². The van der Waals surface area contributed by atoms with Crippen molar-refractivity contribution in [1.82, 2.24) is 9.55 Å². The number of aromatic nitrogens is 2. The van der Waals surface area contributed by atoms with E-state index in [0.717, 1.165) is 25.3 Å². The molecule has 2 atom stereocenters. The molecule has 0 bridgehead atoms. The van der Waals surface area contributed by atoms with Gasteiger partial charge >= 0.3 is 0 Å². The van der Waals surface area contributed by atoms with E-state index in [-0.39, 0.29) is 0 Å². The lowest BCUT2D eigenvalue weighted by molar-refractivity contribution is 0.175. The Labute approximate surface area is 89.0 Å². The highest BCUT2D eigenvalue weighted by Crippen LogP contribution is 2.27. The fraction of sp³-hybridized carbons (Fsp3) is 0.700. The summed E-state index contributed by atoms with van der Waals surface area (Å²) in [5.41, 5.74) is 1.09. The Balaban J connectivity index is 2.12. The molecule has 0 aliphatic carbocycles. The van der Waals surface area contributed by atoms with Crippen molar-refractivity contribution in [1.29, 1.82) is 0 Å². The zero-order chi connectivity index (χ0) is 9.97. The van der Waals surface area contributed by atoms with Gasteiger partial charge in [-0.2, -0.15) is 0 Å². The van der Waals surface area contributed by atoms with Crippen LogP contribution in [0.1, 0.15) is 25.1 Å². The molecule has 3 nitrogen and oxygen atoms in total. The molecule has 14 heavy (non-hydrogen) atoms. The molecule has 1 saturated heterocycles. The normalized spacial score (nSPS) is 24.0. The SMILES string of the molecule is CC(C1CCOC1)n1cncc1CCl. The van der Waals surface area contributed by atoms with Gasteiger partial charge in [0.25, 0.3) is 0 Å². The quantitative estimate of drug-likeness (QED) is 0.722. The third-order valence-corrected chi connectivity index (χ3v) is 3.24. The van der Waals surface area contributed by atoms with Crippen molar-refractivity contribution in [3.63, 3.8) is 0 Å². The van der Waals surface area contributed by atoms with Crippen LogP contribution in [0, 0.1) is 5.92 Å². The van der Waals surface area contributed by atoms with Gasteiger partial charge in [0.05, 0.1) is 24.5 Å². The standard InChI is InChI=1S/C10H15ClN2O/c1-8(9-2-3-14-6-9)13-7-12-5-10(13)4-11/h5,7-9H,2-4,6H2,1H3. The second kappa shape index (κ2) is 4.32. The Morgan fingerprint density at radius 3 is 3.29 bits per heavy atom. The van der Waals surface area contributed by atoms with E-state index in [0.29, 0.717) is 17.8 Å². The molecule has 2 heterocycles. The molecule has 1 aromatic heterocycles. The molecule has 4 heteroatoms. The van der Waals surface area contributed by atoms with Crippen molar-refractivity contribution in [2.24, 2.45) is 5.92 Å². The van der Waals surface area contributed by atoms with Crippen LogP contribution in [-0.2, 0) is 10.6 Å². The molecular weight excluding hydrogens is 200 g/mol. The second-order valence-corrected chi connectivity index (χ2v) is 4.06. The van der Waals surface area contributed by atoms with Crippen molar-refractivity contribution in [2.45, 2.75) is 25.3 Å². The minimum Gasteiger partial charge on any atom is -0.381 e. The average molecular weight is 215 g/mol. The molecule has 0 spiro atoms. The maximum absolute atomic E-state index is 5.83. The third kappa shape index (κ3) is 1.79. The summed E-state index contributed by atoms with van der Waals surface area (Å²) in [7, 11) is 0. The van der Waals surface area contributed by atoms with Crippen molar-refractivity contribution in [3.05, 3.63) is 18.2 Å². The van der Waals surface area contributed by atoms with Gasteiger partial charge < -0.3 is 9.30 Å². The zero-order valence-electron chi connectivity index (χ0n) is 8.32. The van der Waals surface area contributed by atoms with E-state index in [1.807, 2.05) is 12.5 Å². The molecule has 0 radical (unpaired) electrons. The molecule has 1 aliphatic heterocycles. The maximum atomic E-state index is 5.83. The summed E-state index contributed by atoms with van der Waals surface area (Å²) in [5, 5.41) is 0. The Bertz CT molecular complexity index is 294. The van der Waals surface area contributed by atoms with E-state index in [2.05, 4.69) is 16.5 Å². The minimum atomic E-state index is 0.439. The zero-order valence-corrected chi connectivity index (χ0v) is 9.07. The topological polar surface area (TPSA) is 27.1 Å². The second-order valence-electron chi connectivity index (χ2n) is 3.79. The summed E-state index contributed by atoms with van der Waals surface area (Å²) >= 11 is 5.83. The van der Waals surface area contributed by atoms with Crippen LogP contribution in [0.4, 0.5) is 0 Å². The summed E-state index contributed by atoms with van der Waals surface area (Å²) in [5.74, 6) is 1.13. The molecule has 0 N–H and O–H groups in total. The summed E-state index contributed by atoms with van der Waals surface area (Å²) in [6, 6.07) is 0.439. The molecule has 1 aromatic rings. The number of hydrogen-bond acceptors (Lipinski definition) is 2. The summed E-state index contributed by atoms with van der Waals surface area (Å²) in [6.45, 7) is 3.96. The number of halogens is 1. The van der Waals surface area contributed by atoms with E-state index in [4.69, 9.17) is 16.3 Å². The van der Waals surface area contributed by atoms with Gasteiger partial charge in [0.2, 0.25) is 0 Å². The van der Waals surface area contributed by atoms with Crippen LogP contribution in [0.25, 0.3) is 0 Å². The molecule has 2 rings (SSSR count). The van der Waals surface area contributed by atoms with Crippen LogP contribution in [0.15, 0.2) is 12.5 Å². The highest BCUT2D eigenvalue weighted by Gasteiger charge is 2.24. The van der Waals surface area contributed by atoms with Crippen LogP contribution < -0.4 is 0 Å². The van der Waals surface area contributed by atoms with Gasteiger partial charge in [-0.3, -0.25) is 0 Å². The van der Waals surface area contributed by atoms with Crippen LogP contribution >= 0.6 is 11.6 Å². The number of ether oxygens (including phenoxy) is 1. The lowest BCUT2D eigenvalue weighted by Crippen LogP contribution is -2.17. The van der Waals surface area contributed by atoms with Gasteiger partial charge in [-0.25, -0.2) is 4.98 Å². The first-order chi connectivity index (χ1) is 6.83. The molecule has 0 amide bonds. The van der Waals surface area contributed by atoms with E-state index in [1.165, 1.54) is 0 Å². The number of hydrogen-bond donors (Lipinski definition) is 0. The Morgan fingerprint density at radius 1 is 1.79 bits per heavy atom. The fourth-order valence-electron chi connectivity index (χ4n) is 1.96. The first-order valence-corrected chi connectivity index (χ1v) is 5.50. The van der Waals surface area contributed by atoms with Gasteiger partial charge in [0, 0.05) is 24.8 Å². The maximum Gasteiger partial charge on any atom is 0.0951 e. The highest BCUT2D eigenvalue weighted by atomic mass is 35.5. The van der Waals surface area contributed by atoms with E-state index < -0.39 is 0 Å². The fourth-order valence-corrected chi connectivity index (χ4v) is 2.17. The first kappa shape index (κ1) is 9.99. The Kier molecular flexibility index (Phi) is 3.08. The van der Waals surface area contributed by atoms with Crippen LogP contribution in [0.3, 0.4) is 0 Å². The lowest BCUT2D eigenvalue weighted by atomic mass is 10.0. The van der Waals surface area contributed by atoms with Gasteiger partial charge in [-0.15, -0.1) is 11.6 Å². The summed E-state index contributed by atoms with van der Waals surface area (Å²) in [6.07, 6.45) is 4.83. The molecule has 78 valence electrons. The minimum absolute atomic E-state index is 0.439. The molecule has 2 unspecified atom stereocenters. The van der Waals surface area contributed by atoms with E-state index in [1.54, 1.807) is 0 Å². The van der Waals surface area contributed by atoms with Gasteiger partial charge in [-0.05, 0) is 13.3 Å². The number of alkyl halides is 1. The van der Waals surface area contributed by atoms with E-state index >= 15 is 0 Å². The summed E-state index contributed by atoms with van der Waals surface area (Å²) in [4.78, 5) is 4.12. The predicted molar refractivity (Wildman–Crippen MR) is 55.4 cm³/mol. The third-order valence-electron chi connectivity index (χ3n) is 2.97. The van der Waals surface area contributed by atoms with Crippen molar-refractivity contribution >= 4 is 11.6 Å². The predicted octanol–water partition coefficient (Wildman–Crippen LogP) is 2.22. The molecule has 1 aliphatic rings. The molecule has 1 fully saturated rings. The van der Waals surface area contributed by atoms with Crippen LogP contribution in [0.2, 0.25) is 0 Å². The average Bonchev–Trinajstić information content (AvgIpc) is 2.87. The van der Waals surface area contributed by atoms with Crippen molar-refractivity contribution in [3.8, 4) is 0 Å². The van der Waals surface area contributed by atoms with Gasteiger partial charge in [-0.1, -0.05) is 0 Å². The van der Waals surface area contributed by atoms with Gasteiger partial charge in [0.1, 0.15) is 0 Å². The smallest absolute Gasteiger partial charge is 0.0951 e. The van der Waals surface area contributed by atoms with E-state index in [9.17, 15) is 0 Å². The molecular formula is C10H15ClN2O. The number of nitrogens with zero attached hydrogens (tertiary/aromatic N) is 2. The largest absolute Gasteiger partial charge is 0.381 e. The number of rotatable bonds is 3. The monoisotopic (exact) mass is 214 g/mol. The highest BCUT2D eigenvalue weighted by molar-refractivity contribution is 6.16. The van der Waals surface area contributed by atoms with Gasteiger partial charge in [0.15, 0.2) is 0 Å². The first-order valence-electron chi connectivity index (χ1n) is 4.97. The lowest BCUT2D eigenvalue weighted by Gasteiger charge is -2.20. The number of imidazole rings is 1. The molecule has 0 aromatic carbocycles. The Morgan fingerprint density at radius 2 is 2.64 bits per heavy atom. The Hall–Kier alpha value is -0.540. The van der Waals surface area contributed by atoms with Crippen molar-refractivity contribution < 1.29 is 4.74 Å².